The number of halogens is 1. The average molecular weight is 362 g/mol. The fourth-order valence-corrected chi connectivity index (χ4v) is 3.24. The first-order chi connectivity index (χ1) is 12.0. The number of phenolic OH excluding ortho intramolecular Hbond substituents is 1. The van der Waals surface area contributed by atoms with E-state index in [0.717, 1.165) is 29.4 Å². The first-order valence-corrected chi connectivity index (χ1v) is 9.20. The summed E-state index contributed by atoms with van der Waals surface area (Å²) < 4.78 is 13.4. The lowest BCUT2D eigenvalue weighted by Crippen LogP contribution is -1.97. The maximum absolute atomic E-state index is 13.4. The Bertz CT molecular complexity index is 733. The van der Waals surface area contributed by atoms with Crippen LogP contribution in [0.2, 0.25) is 0 Å². The molecular weight excluding hydrogens is 339 g/mol. The molecule has 0 amide bonds. The molecule has 134 valence electrons. The van der Waals surface area contributed by atoms with Crippen LogP contribution >= 0.6 is 11.3 Å². The summed E-state index contributed by atoms with van der Waals surface area (Å²) in [5.41, 5.74) is 4.57. The molecule has 0 bridgehead atoms. The molecule has 1 aromatic heterocycles. The van der Waals surface area contributed by atoms with Gasteiger partial charge in [0, 0.05) is 17.7 Å². The topological polar surface area (TPSA) is 60.7 Å². The molecule has 1 aromatic carbocycles. The summed E-state index contributed by atoms with van der Waals surface area (Å²) in [6.07, 6.45) is 2.87. The van der Waals surface area contributed by atoms with E-state index < -0.39 is 23.8 Å². The van der Waals surface area contributed by atoms with Gasteiger partial charge in [-0.2, -0.15) is 0 Å². The molecule has 3 N–H and O–H groups in total. The number of hydrogen-bond donors (Lipinski definition) is 3. The minimum atomic E-state index is -0.868. The predicted octanol–water partition coefficient (Wildman–Crippen LogP) is 5.02. The zero-order valence-electron chi connectivity index (χ0n) is 14.2. The lowest BCUT2D eigenvalue weighted by atomic mass is 10.0. The van der Waals surface area contributed by atoms with Crippen LogP contribution in [0.25, 0.3) is 0 Å². The van der Waals surface area contributed by atoms with Crippen molar-refractivity contribution >= 4 is 11.3 Å². The first-order valence-electron chi connectivity index (χ1n) is 8.32. The van der Waals surface area contributed by atoms with E-state index in [4.69, 9.17) is 0 Å². The maximum Gasteiger partial charge on any atom is 0.165 e. The highest BCUT2D eigenvalue weighted by Gasteiger charge is 2.11. The third kappa shape index (κ3) is 5.83. The summed E-state index contributed by atoms with van der Waals surface area (Å²) in [5.74, 6) is -1.18. The molecule has 2 atom stereocenters. The Morgan fingerprint density at radius 2 is 2.08 bits per heavy atom. The molecule has 5 heteroatoms. The second kappa shape index (κ2) is 9.54. The van der Waals surface area contributed by atoms with Crippen LogP contribution in [0, 0.1) is 5.82 Å². The SMILES string of the molecule is CCCC(=C=CC[C@@H](O)c1ccc(O)c(F)c1)C[C@@H](O)c1cccs1. The Kier molecular flexibility index (Phi) is 7.41. The second-order valence-corrected chi connectivity index (χ2v) is 6.88. The van der Waals surface area contributed by atoms with E-state index in [0.29, 0.717) is 12.0 Å². The first kappa shape index (κ1) is 19.4. The molecule has 0 fully saturated rings. The molecule has 0 aliphatic carbocycles. The minimum absolute atomic E-state index is 0.284. The summed E-state index contributed by atoms with van der Waals surface area (Å²) >= 11 is 1.52. The largest absolute Gasteiger partial charge is 0.505 e. The van der Waals surface area contributed by atoms with Gasteiger partial charge in [-0.15, -0.1) is 17.1 Å². The van der Waals surface area contributed by atoms with Crippen molar-refractivity contribution in [3.63, 3.8) is 0 Å². The number of phenols is 1. The molecule has 0 saturated heterocycles. The molecule has 0 aliphatic rings. The molecule has 2 aromatic rings. The molecule has 1 heterocycles. The Labute approximate surface area is 151 Å². The number of aromatic hydroxyl groups is 1. The van der Waals surface area contributed by atoms with Crippen molar-refractivity contribution in [2.24, 2.45) is 0 Å². The summed E-state index contributed by atoms with van der Waals surface area (Å²) in [6, 6.07) is 7.67. The third-order valence-electron chi connectivity index (χ3n) is 3.87. The van der Waals surface area contributed by atoms with E-state index in [1.54, 1.807) is 6.08 Å². The van der Waals surface area contributed by atoms with Crippen molar-refractivity contribution in [1.29, 1.82) is 0 Å². The van der Waals surface area contributed by atoms with E-state index in [1.807, 2.05) is 17.5 Å². The van der Waals surface area contributed by atoms with Gasteiger partial charge < -0.3 is 15.3 Å². The zero-order valence-corrected chi connectivity index (χ0v) is 15.0. The van der Waals surface area contributed by atoms with Crippen molar-refractivity contribution in [2.45, 2.75) is 44.8 Å². The Balaban J connectivity index is 2.03. The van der Waals surface area contributed by atoms with Crippen LogP contribution in [0.4, 0.5) is 4.39 Å². The molecular formula is C20H23FO3S. The summed E-state index contributed by atoms with van der Waals surface area (Å²) in [6.45, 7) is 2.06. The van der Waals surface area contributed by atoms with E-state index in [-0.39, 0.29) is 6.42 Å². The molecule has 0 radical (unpaired) electrons. The molecule has 3 nitrogen and oxygen atoms in total. The van der Waals surface area contributed by atoms with Gasteiger partial charge in [0.1, 0.15) is 0 Å². The highest BCUT2D eigenvalue weighted by atomic mass is 32.1. The minimum Gasteiger partial charge on any atom is -0.505 e. The highest BCUT2D eigenvalue weighted by molar-refractivity contribution is 7.10. The van der Waals surface area contributed by atoms with E-state index in [2.05, 4.69) is 12.7 Å². The standard InChI is InChI=1S/C20H23FO3S/c1-2-5-14(12-19(24)20-8-4-11-25-20)6-3-7-17(22)15-9-10-18(23)16(21)13-15/h3-4,8-11,13,17,19,22-24H,2,5,7,12H2,1H3/t6?,17-,19-/m1/s1. The van der Waals surface area contributed by atoms with Crippen molar-refractivity contribution in [2.75, 3.05) is 0 Å². The van der Waals surface area contributed by atoms with Crippen LogP contribution in [-0.2, 0) is 0 Å². The molecule has 0 spiro atoms. The average Bonchev–Trinajstić information content (AvgIpc) is 3.12. The van der Waals surface area contributed by atoms with Gasteiger partial charge in [-0.3, -0.25) is 0 Å². The second-order valence-electron chi connectivity index (χ2n) is 5.90. The fraction of sp³-hybridized carbons (Fsp3) is 0.350. The van der Waals surface area contributed by atoms with Crippen LogP contribution in [0.1, 0.15) is 55.3 Å². The van der Waals surface area contributed by atoms with Gasteiger partial charge in [0.05, 0.1) is 12.2 Å². The predicted molar refractivity (Wildman–Crippen MR) is 98.0 cm³/mol. The lowest BCUT2D eigenvalue weighted by Gasteiger charge is -2.10. The number of benzene rings is 1. The summed E-state index contributed by atoms with van der Waals surface area (Å²) in [4.78, 5) is 0.926. The van der Waals surface area contributed by atoms with E-state index >= 15 is 0 Å². The zero-order chi connectivity index (χ0) is 18.2. The van der Waals surface area contributed by atoms with Gasteiger partial charge in [-0.1, -0.05) is 25.5 Å². The summed E-state index contributed by atoms with van der Waals surface area (Å²) in [5, 5.41) is 31.5. The van der Waals surface area contributed by atoms with Gasteiger partial charge in [0.15, 0.2) is 11.6 Å². The van der Waals surface area contributed by atoms with Crippen LogP contribution in [0.3, 0.4) is 0 Å². The Morgan fingerprint density at radius 1 is 1.28 bits per heavy atom. The quantitative estimate of drug-likeness (QED) is 0.578. The van der Waals surface area contributed by atoms with Crippen LogP contribution in [0.5, 0.6) is 5.75 Å². The van der Waals surface area contributed by atoms with Gasteiger partial charge in [-0.05, 0) is 47.2 Å². The third-order valence-corrected chi connectivity index (χ3v) is 4.84. The van der Waals surface area contributed by atoms with Crippen LogP contribution in [-0.4, -0.2) is 15.3 Å². The summed E-state index contributed by atoms with van der Waals surface area (Å²) in [7, 11) is 0. The normalized spacial score (nSPS) is 13.1. The molecule has 2 rings (SSSR count). The lowest BCUT2D eigenvalue weighted by molar-refractivity contribution is 0.180. The fourth-order valence-electron chi connectivity index (χ4n) is 2.53. The van der Waals surface area contributed by atoms with Crippen molar-refractivity contribution in [1.82, 2.24) is 0 Å². The smallest absolute Gasteiger partial charge is 0.165 e. The van der Waals surface area contributed by atoms with Crippen LogP contribution in [0.15, 0.2) is 53.1 Å². The monoisotopic (exact) mass is 362 g/mol. The van der Waals surface area contributed by atoms with Gasteiger partial charge in [0.25, 0.3) is 0 Å². The van der Waals surface area contributed by atoms with Gasteiger partial charge >= 0.3 is 0 Å². The van der Waals surface area contributed by atoms with Crippen molar-refractivity contribution in [3.05, 3.63) is 69.4 Å². The highest BCUT2D eigenvalue weighted by Crippen LogP contribution is 2.27. The molecule has 0 aliphatic heterocycles. The van der Waals surface area contributed by atoms with Gasteiger partial charge in [-0.25, -0.2) is 4.39 Å². The number of hydrogen-bond acceptors (Lipinski definition) is 4. The molecule has 25 heavy (non-hydrogen) atoms. The number of thiophene rings is 1. The van der Waals surface area contributed by atoms with Crippen molar-refractivity contribution < 1.29 is 19.7 Å². The van der Waals surface area contributed by atoms with E-state index in [9.17, 15) is 19.7 Å². The number of aliphatic hydroxyl groups excluding tert-OH is 2. The van der Waals surface area contributed by atoms with E-state index in [1.165, 1.54) is 23.5 Å². The van der Waals surface area contributed by atoms with Crippen LogP contribution < -0.4 is 0 Å². The molecule has 0 unspecified atom stereocenters. The van der Waals surface area contributed by atoms with Crippen molar-refractivity contribution in [3.8, 4) is 5.75 Å². The molecule has 0 saturated carbocycles. The van der Waals surface area contributed by atoms with Gasteiger partial charge in [0.2, 0.25) is 0 Å². The Morgan fingerprint density at radius 3 is 2.72 bits per heavy atom. The number of aliphatic hydroxyl groups is 2. The maximum atomic E-state index is 13.4. The Hall–Kier alpha value is -1.91. The number of rotatable bonds is 8.